The van der Waals surface area contributed by atoms with Gasteiger partial charge in [-0.25, -0.2) is 4.39 Å². The fourth-order valence-electron chi connectivity index (χ4n) is 3.95. The normalized spacial score (nSPS) is 19.4. The predicted octanol–water partition coefficient (Wildman–Crippen LogP) is 4.95. The summed E-state index contributed by atoms with van der Waals surface area (Å²) < 4.78 is 24.5. The molecule has 3 aromatic rings. The number of halogens is 3. The molecule has 1 saturated carbocycles. The Bertz CT molecular complexity index is 1120. The third-order valence-electron chi connectivity index (χ3n) is 5.74. The molecular formula is C24H25Cl2FN2O4. The van der Waals surface area contributed by atoms with Crippen LogP contribution in [0.1, 0.15) is 36.2 Å². The standard InChI is InChI=1S/C24H25Cl2FN2O4/c25-15-1-8-22-14(9-15)10-23(33-22)24(31)29-17-4-2-16(3-5-17)28-12-18(30)13-32-19-6-7-20(26)21(27)11-19/h1,6-11,16-18,28,30H,2-5,12-13H2,(H,29,31)/t16?,17?,18-/m1/s1. The fraction of sp³-hybridized carbons (Fsp3) is 0.375. The smallest absolute Gasteiger partial charge is 0.287 e. The monoisotopic (exact) mass is 494 g/mol. The molecule has 0 radical (unpaired) electrons. The van der Waals surface area contributed by atoms with Gasteiger partial charge in [-0.05, 0) is 62.1 Å². The van der Waals surface area contributed by atoms with Crippen molar-refractivity contribution in [3.05, 3.63) is 64.1 Å². The minimum absolute atomic E-state index is 0.0267. The lowest BCUT2D eigenvalue weighted by atomic mass is 9.91. The first-order chi connectivity index (χ1) is 15.9. The van der Waals surface area contributed by atoms with Crippen LogP contribution in [0.25, 0.3) is 11.0 Å². The summed E-state index contributed by atoms with van der Waals surface area (Å²) in [7, 11) is 0. The van der Waals surface area contributed by atoms with Crippen molar-refractivity contribution in [2.24, 2.45) is 0 Å². The zero-order valence-corrected chi connectivity index (χ0v) is 19.3. The van der Waals surface area contributed by atoms with Gasteiger partial charge >= 0.3 is 0 Å². The van der Waals surface area contributed by atoms with Crippen LogP contribution < -0.4 is 15.4 Å². The molecule has 0 bridgehead atoms. The summed E-state index contributed by atoms with van der Waals surface area (Å²) >= 11 is 11.6. The molecule has 1 aromatic heterocycles. The minimum atomic E-state index is -0.734. The highest BCUT2D eigenvalue weighted by molar-refractivity contribution is 6.31. The van der Waals surface area contributed by atoms with Gasteiger partial charge in [0.15, 0.2) is 5.76 Å². The first kappa shape index (κ1) is 23.8. The number of hydrogen-bond donors (Lipinski definition) is 3. The summed E-state index contributed by atoms with van der Waals surface area (Å²) in [6.45, 7) is 0.404. The SMILES string of the molecule is O=C(NC1CCC(NC[C@@H](O)COc2ccc(Cl)c(F)c2)CC1)c1cc2cc(Cl)ccc2o1. The van der Waals surface area contributed by atoms with Gasteiger partial charge < -0.3 is 24.9 Å². The molecule has 0 saturated heterocycles. The Morgan fingerprint density at radius 2 is 1.88 bits per heavy atom. The van der Waals surface area contributed by atoms with Crippen molar-refractivity contribution >= 4 is 40.1 Å². The highest BCUT2D eigenvalue weighted by atomic mass is 35.5. The number of furan rings is 1. The molecule has 1 aliphatic rings. The van der Waals surface area contributed by atoms with E-state index in [1.54, 1.807) is 30.3 Å². The van der Waals surface area contributed by atoms with E-state index in [-0.39, 0.29) is 35.4 Å². The number of benzene rings is 2. The molecule has 3 N–H and O–H groups in total. The summed E-state index contributed by atoms with van der Waals surface area (Å²) in [6, 6.07) is 11.4. The van der Waals surface area contributed by atoms with Crippen LogP contribution >= 0.6 is 23.2 Å². The molecule has 6 nitrogen and oxygen atoms in total. The van der Waals surface area contributed by atoms with Crippen LogP contribution in [0.4, 0.5) is 4.39 Å². The van der Waals surface area contributed by atoms with Gasteiger partial charge in [0.25, 0.3) is 5.91 Å². The van der Waals surface area contributed by atoms with Gasteiger partial charge in [0.1, 0.15) is 29.9 Å². The van der Waals surface area contributed by atoms with E-state index >= 15 is 0 Å². The Morgan fingerprint density at radius 3 is 2.64 bits per heavy atom. The van der Waals surface area contributed by atoms with E-state index in [1.807, 2.05) is 0 Å². The molecule has 1 atom stereocenters. The van der Waals surface area contributed by atoms with Crippen molar-refractivity contribution in [2.45, 2.75) is 43.9 Å². The Hall–Kier alpha value is -2.32. The molecule has 33 heavy (non-hydrogen) atoms. The Balaban J connectivity index is 1.17. The lowest BCUT2D eigenvalue weighted by molar-refractivity contribution is 0.0890. The van der Waals surface area contributed by atoms with Gasteiger partial charge in [0.2, 0.25) is 0 Å². The Kier molecular flexibility index (Phi) is 7.75. The number of rotatable bonds is 8. The van der Waals surface area contributed by atoms with Crippen molar-refractivity contribution in [3.63, 3.8) is 0 Å². The third-order valence-corrected chi connectivity index (χ3v) is 6.28. The lowest BCUT2D eigenvalue weighted by Gasteiger charge is -2.30. The number of nitrogens with one attached hydrogen (secondary N) is 2. The minimum Gasteiger partial charge on any atom is -0.491 e. The van der Waals surface area contributed by atoms with Crippen molar-refractivity contribution in [3.8, 4) is 5.75 Å². The summed E-state index contributed by atoms with van der Waals surface area (Å²) in [5.41, 5.74) is 0.626. The van der Waals surface area contributed by atoms with Gasteiger partial charge in [0, 0.05) is 35.1 Å². The maximum Gasteiger partial charge on any atom is 0.287 e. The second-order valence-corrected chi connectivity index (χ2v) is 9.11. The fourth-order valence-corrected chi connectivity index (χ4v) is 4.24. The van der Waals surface area contributed by atoms with Crippen molar-refractivity contribution in [1.82, 2.24) is 10.6 Å². The second-order valence-electron chi connectivity index (χ2n) is 8.26. The summed E-state index contributed by atoms with van der Waals surface area (Å²) in [6.07, 6.45) is 2.66. The average molecular weight is 495 g/mol. The van der Waals surface area contributed by atoms with Gasteiger partial charge in [-0.2, -0.15) is 0 Å². The number of amides is 1. The molecule has 4 rings (SSSR count). The number of ether oxygens (including phenoxy) is 1. The Labute approximate surface area is 201 Å². The number of aliphatic hydroxyl groups is 1. The number of aliphatic hydroxyl groups excluding tert-OH is 1. The second kappa shape index (κ2) is 10.7. The van der Waals surface area contributed by atoms with E-state index < -0.39 is 11.9 Å². The van der Waals surface area contributed by atoms with Crippen LogP contribution in [0, 0.1) is 5.82 Å². The maximum atomic E-state index is 13.4. The van der Waals surface area contributed by atoms with E-state index in [0.29, 0.717) is 22.9 Å². The molecule has 1 aliphatic carbocycles. The van der Waals surface area contributed by atoms with Crippen LogP contribution in [-0.4, -0.2) is 42.4 Å². The molecule has 1 heterocycles. The zero-order chi connectivity index (χ0) is 23.4. The van der Waals surface area contributed by atoms with E-state index in [1.165, 1.54) is 12.1 Å². The van der Waals surface area contributed by atoms with Gasteiger partial charge in [0.05, 0.1) is 5.02 Å². The number of hydrogen-bond acceptors (Lipinski definition) is 5. The highest BCUT2D eigenvalue weighted by Crippen LogP contribution is 2.24. The molecule has 176 valence electrons. The largest absolute Gasteiger partial charge is 0.491 e. The highest BCUT2D eigenvalue weighted by Gasteiger charge is 2.24. The summed E-state index contributed by atoms with van der Waals surface area (Å²) in [5, 5.41) is 18.0. The van der Waals surface area contributed by atoms with Crippen LogP contribution in [0.15, 0.2) is 46.9 Å². The summed E-state index contributed by atoms with van der Waals surface area (Å²) in [5.74, 6) is -0.198. The number of fused-ring (bicyclic) bond motifs is 1. The van der Waals surface area contributed by atoms with Gasteiger partial charge in [-0.1, -0.05) is 23.2 Å². The first-order valence-electron chi connectivity index (χ1n) is 10.9. The molecule has 9 heteroatoms. The predicted molar refractivity (Wildman–Crippen MR) is 126 cm³/mol. The topological polar surface area (TPSA) is 83.7 Å². The van der Waals surface area contributed by atoms with Crippen molar-refractivity contribution in [1.29, 1.82) is 0 Å². The van der Waals surface area contributed by atoms with Gasteiger partial charge in [-0.15, -0.1) is 0 Å². The average Bonchev–Trinajstić information content (AvgIpc) is 3.23. The van der Waals surface area contributed by atoms with E-state index in [2.05, 4.69) is 10.6 Å². The maximum absolute atomic E-state index is 13.4. The van der Waals surface area contributed by atoms with Crippen LogP contribution in [0.2, 0.25) is 10.0 Å². The molecule has 1 amide bonds. The molecular weight excluding hydrogens is 470 g/mol. The van der Waals surface area contributed by atoms with Crippen LogP contribution in [0.5, 0.6) is 5.75 Å². The molecule has 0 unspecified atom stereocenters. The molecule has 1 fully saturated rings. The quantitative estimate of drug-likeness (QED) is 0.412. The van der Waals surface area contributed by atoms with E-state index in [4.69, 9.17) is 32.4 Å². The first-order valence-corrected chi connectivity index (χ1v) is 11.6. The summed E-state index contributed by atoms with van der Waals surface area (Å²) in [4.78, 5) is 12.6. The van der Waals surface area contributed by atoms with Crippen molar-refractivity contribution in [2.75, 3.05) is 13.2 Å². The Morgan fingerprint density at radius 1 is 1.12 bits per heavy atom. The molecule has 0 aliphatic heterocycles. The van der Waals surface area contributed by atoms with Crippen LogP contribution in [0.3, 0.4) is 0 Å². The van der Waals surface area contributed by atoms with Crippen LogP contribution in [-0.2, 0) is 0 Å². The third kappa shape index (κ3) is 6.38. The van der Waals surface area contributed by atoms with Crippen molar-refractivity contribution < 1.29 is 23.4 Å². The lowest BCUT2D eigenvalue weighted by Crippen LogP contribution is -2.44. The number of carbonyl (C=O) groups excluding carboxylic acids is 1. The van der Waals surface area contributed by atoms with Gasteiger partial charge in [-0.3, -0.25) is 4.79 Å². The van der Waals surface area contributed by atoms with E-state index in [0.717, 1.165) is 31.1 Å². The number of carbonyl (C=O) groups is 1. The zero-order valence-electron chi connectivity index (χ0n) is 17.8. The molecule has 2 aromatic carbocycles. The van der Waals surface area contributed by atoms with E-state index in [9.17, 15) is 14.3 Å². The molecule has 0 spiro atoms.